The van der Waals surface area contributed by atoms with Gasteiger partial charge in [-0.05, 0) is 12.1 Å². The Hall–Kier alpha value is -2.58. The first-order valence-electron chi connectivity index (χ1n) is 7.89. The molecule has 5 nitrogen and oxygen atoms in total. The molecule has 0 amide bonds. The molecule has 28 heavy (non-hydrogen) atoms. The summed E-state index contributed by atoms with van der Waals surface area (Å²) in [6.07, 6.45) is -6.91. The fourth-order valence-electron chi connectivity index (χ4n) is 2.57. The molecule has 0 spiro atoms. The van der Waals surface area contributed by atoms with Crippen LogP contribution in [-0.4, -0.2) is 32.3 Å². The van der Waals surface area contributed by atoms with Gasteiger partial charge < -0.3 is 14.2 Å². The Balaban J connectivity index is 2.51. The van der Waals surface area contributed by atoms with E-state index in [1.807, 2.05) is 0 Å². The zero-order valence-electron chi connectivity index (χ0n) is 14.8. The molecule has 0 aliphatic carbocycles. The van der Waals surface area contributed by atoms with Gasteiger partial charge in [-0.15, -0.1) is 0 Å². The summed E-state index contributed by atoms with van der Waals surface area (Å²) in [6, 6.07) is 11.7. The smallest absolute Gasteiger partial charge is 0.432 e. The van der Waals surface area contributed by atoms with Gasteiger partial charge in [-0.25, -0.2) is 9.59 Å². The second-order valence-electron chi connectivity index (χ2n) is 5.61. The van der Waals surface area contributed by atoms with Gasteiger partial charge in [0.2, 0.25) is 6.10 Å². The number of benzene rings is 2. The second-order valence-corrected chi connectivity index (χ2v) is 6.05. The van der Waals surface area contributed by atoms with Gasteiger partial charge in [0.05, 0.1) is 7.11 Å². The molecule has 0 aromatic heterocycles. The molecular weight excluding hydrogens is 401 g/mol. The minimum atomic E-state index is -5.17. The highest BCUT2D eigenvalue weighted by atomic mass is 35.5. The number of hydrogen-bond acceptors (Lipinski definition) is 5. The summed E-state index contributed by atoms with van der Waals surface area (Å²) in [5, 5.41) is 0.324. The molecule has 2 atom stereocenters. The Kier molecular flexibility index (Phi) is 6.69. The average molecular weight is 417 g/mol. The van der Waals surface area contributed by atoms with Crippen LogP contribution in [0.3, 0.4) is 0 Å². The zero-order chi connectivity index (χ0) is 20.9. The summed E-state index contributed by atoms with van der Waals surface area (Å²) >= 11 is 5.78. The van der Waals surface area contributed by atoms with E-state index >= 15 is 0 Å². The van der Waals surface area contributed by atoms with Crippen LogP contribution in [-0.2, 0) is 29.4 Å². The minimum Gasteiger partial charge on any atom is -0.466 e. The van der Waals surface area contributed by atoms with E-state index < -0.39 is 35.4 Å². The molecule has 150 valence electrons. The van der Waals surface area contributed by atoms with Crippen molar-refractivity contribution in [2.45, 2.75) is 17.9 Å². The number of carbonyl (C=O) groups is 2. The maximum Gasteiger partial charge on any atom is 0.432 e. The van der Waals surface area contributed by atoms with Gasteiger partial charge in [-0.2, -0.15) is 13.2 Å². The quantitative estimate of drug-likeness (QED) is 0.660. The molecule has 0 bridgehead atoms. The Labute approximate surface area is 164 Å². The summed E-state index contributed by atoms with van der Waals surface area (Å²) in [7, 11) is 1.75. The first-order chi connectivity index (χ1) is 13.2. The summed E-state index contributed by atoms with van der Waals surface area (Å²) in [5.74, 6) is -2.87. The molecular formula is C19H16ClF3O5. The Morgan fingerprint density at radius 3 is 2.00 bits per heavy atom. The van der Waals surface area contributed by atoms with Crippen LogP contribution in [0, 0.1) is 0 Å². The number of methoxy groups -OCH3 is 2. The Morgan fingerprint density at radius 2 is 1.54 bits per heavy atom. The van der Waals surface area contributed by atoms with E-state index in [-0.39, 0.29) is 5.56 Å². The molecule has 0 N–H and O–H groups in total. The van der Waals surface area contributed by atoms with E-state index in [4.69, 9.17) is 16.3 Å². The molecule has 0 aliphatic rings. The van der Waals surface area contributed by atoms with Gasteiger partial charge >= 0.3 is 18.1 Å². The van der Waals surface area contributed by atoms with Crippen LogP contribution in [0.4, 0.5) is 13.2 Å². The largest absolute Gasteiger partial charge is 0.466 e. The second kappa shape index (κ2) is 8.62. The van der Waals surface area contributed by atoms with Crippen LogP contribution >= 0.6 is 11.6 Å². The van der Waals surface area contributed by atoms with E-state index in [1.165, 1.54) is 42.5 Å². The normalized spacial score (nSPS) is 14.6. The third kappa shape index (κ3) is 4.13. The third-order valence-corrected chi connectivity index (χ3v) is 4.24. The summed E-state index contributed by atoms with van der Waals surface area (Å²) in [6.45, 7) is 0. The molecule has 0 heterocycles. The van der Waals surface area contributed by atoms with Gasteiger partial charge in [0.25, 0.3) is 5.60 Å². The van der Waals surface area contributed by atoms with Gasteiger partial charge in [-0.1, -0.05) is 54.1 Å². The van der Waals surface area contributed by atoms with Crippen molar-refractivity contribution in [2.24, 2.45) is 0 Å². The van der Waals surface area contributed by atoms with E-state index in [9.17, 15) is 22.8 Å². The van der Waals surface area contributed by atoms with E-state index in [0.717, 1.165) is 26.4 Å². The van der Waals surface area contributed by atoms with Crippen molar-refractivity contribution in [2.75, 3.05) is 14.2 Å². The molecule has 0 saturated carbocycles. The van der Waals surface area contributed by atoms with E-state index in [1.54, 1.807) is 0 Å². The lowest BCUT2D eigenvalue weighted by Crippen LogP contribution is -2.52. The Bertz CT molecular complexity index is 824. The topological polar surface area (TPSA) is 61.8 Å². The lowest BCUT2D eigenvalue weighted by Gasteiger charge is -2.33. The monoisotopic (exact) mass is 416 g/mol. The van der Waals surface area contributed by atoms with Crippen LogP contribution < -0.4 is 0 Å². The van der Waals surface area contributed by atoms with Crippen LogP contribution in [0.2, 0.25) is 5.02 Å². The molecule has 2 aromatic carbocycles. The highest BCUT2D eigenvalue weighted by Crippen LogP contribution is 2.44. The number of carbonyl (C=O) groups excluding carboxylic acids is 2. The fraction of sp³-hybridized carbons (Fsp3) is 0.263. The first kappa shape index (κ1) is 21.7. The van der Waals surface area contributed by atoms with E-state index in [2.05, 4.69) is 9.47 Å². The van der Waals surface area contributed by atoms with Crippen molar-refractivity contribution >= 4 is 23.5 Å². The number of halogens is 4. The highest BCUT2D eigenvalue weighted by Gasteiger charge is 2.64. The molecule has 0 saturated heterocycles. The summed E-state index contributed by atoms with van der Waals surface area (Å²) < 4.78 is 56.0. The number of ether oxygens (including phenoxy) is 3. The van der Waals surface area contributed by atoms with Gasteiger partial charge in [0.15, 0.2) is 0 Å². The number of rotatable bonds is 6. The number of hydrogen-bond donors (Lipinski definition) is 0. The van der Waals surface area contributed by atoms with Gasteiger partial charge in [0, 0.05) is 23.3 Å². The third-order valence-electron chi connectivity index (χ3n) is 3.99. The Morgan fingerprint density at radius 1 is 0.964 bits per heavy atom. The summed E-state index contributed by atoms with van der Waals surface area (Å²) in [5.41, 5.74) is -3.83. The predicted octanol–water partition coefficient (Wildman–Crippen LogP) is 4.20. The van der Waals surface area contributed by atoms with Crippen LogP contribution in [0.15, 0.2) is 54.6 Å². The van der Waals surface area contributed by atoms with Crippen molar-refractivity contribution in [1.82, 2.24) is 0 Å². The van der Waals surface area contributed by atoms with Gasteiger partial charge in [-0.3, -0.25) is 0 Å². The standard InChI is InChI=1S/C19H16ClF3O5/c1-26-16(24)15(12-8-10-14(20)11-9-12)28-17(25)18(27-2,19(21,22)23)13-6-4-3-5-7-13/h3-11,15H,1-2H3/t15-,18+/m0/s1. The zero-order valence-corrected chi connectivity index (χ0v) is 15.6. The maximum atomic E-state index is 13.9. The van der Waals surface area contributed by atoms with Gasteiger partial charge in [0.1, 0.15) is 0 Å². The van der Waals surface area contributed by atoms with Crippen molar-refractivity contribution < 1.29 is 37.0 Å². The predicted molar refractivity (Wildman–Crippen MR) is 93.5 cm³/mol. The van der Waals surface area contributed by atoms with Crippen molar-refractivity contribution in [3.8, 4) is 0 Å². The molecule has 0 fully saturated rings. The first-order valence-corrected chi connectivity index (χ1v) is 8.27. The van der Waals surface area contributed by atoms with Crippen molar-refractivity contribution in [3.63, 3.8) is 0 Å². The molecule has 9 heteroatoms. The fourth-order valence-corrected chi connectivity index (χ4v) is 2.70. The SMILES string of the molecule is COC(=O)[C@@H](OC(=O)[C@](OC)(c1ccccc1)C(F)(F)F)c1ccc(Cl)cc1. The minimum absolute atomic E-state index is 0.0878. The average Bonchev–Trinajstić information content (AvgIpc) is 2.67. The van der Waals surface area contributed by atoms with Crippen LogP contribution in [0.1, 0.15) is 17.2 Å². The molecule has 2 rings (SSSR count). The number of alkyl halides is 3. The van der Waals surface area contributed by atoms with Crippen molar-refractivity contribution in [1.29, 1.82) is 0 Å². The maximum absolute atomic E-state index is 13.9. The van der Waals surface area contributed by atoms with Crippen LogP contribution in [0.25, 0.3) is 0 Å². The lowest BCUT2D eigenvalue weighted by atomic mass is 9.92. The van der Waals surface area contributed by atoms with Crippen LogP contribution in [0.5, 0.6) is 0 Å². The number of esters is 2. The summed E-state index contributed by atoms with van der Waals surface area (Å²) in [4.78, 5) is 24.8. The molecule has 0 aliphatic heterocycles. The lowest BCUT2D eigenvalue weighted by molar-refractivity contribution is -0.278. The highest BCUT2D eigenvalue weighted by molar-refractivity contribution is 6.30. The molecule has 0 radical (unpaired) electrons. The van der Waals surface area contributed by atoms with E-state index in [0.29, 0.717) is 5.02 Å². The molecule has 2 aromatic rings. The van der Waals surface area contributed by atoms with Crippen molar-refractivity contribution in [3.05, 3.63) is 70.7 Å². The molecule has 0 unspecified atom stereocenters.